The lowest BCUT2D eigenvalue weighted by atomic mass is 9.94. The summed E-state index contributed by atoms with van der Waals surface area (Å²) in [6, 6.07) is 7.14. The van der Waals surface area contributed by atoms with Crippen molar-refractivity contribution in [1.82, 2.24) is 10.0 Å². The Labute approximate surface area is 128 Å². The first-order valence-electron chi connectivity index (χ1n) is 7.73. The highest BCUT2D eigenvalue weighted by Gasteiger charge is 2.25. The lowest BCUT2D eigenvalue weighted by molar-refractivity contribution is 0.320. The van der Waals surface area contributed by atoms with Crippen LogP contribution in [0.1, 0.15) is 45.1 Å². The lowest BCUT2D eigenvalue weighted by Crippen LogP contribution is -2.44. The molecule has 0 aromatic heterocycles. The molecule has 2 rings (SSSR count). The number of benzene rings is 1. The molecule has 4 nitrogen and oxygen atoms in total. The summed E-state index contributed by atoms with van der Waals surface area (Å²) in [5, 5.41) is 3.33. The third-order valence-corrected chi connectivity index (χ3v) is 5.82. The van der Waals surface area contributed by atoms with Crippen LogP contribution in [0.15, 0.2) is 29.2 Å². The van der Waals surface area contributed by atoms with Crippen molar-refractivity contribution in [3.8, 4) is 0 Å². The van der Waals surface area contributed by atoms with Crippen LogP contribution >= 0.6 is 0 Å². The third-order valence-electron chi connectivity index (χ3n) is 4.24. The average Bonchev–Trinajstić information content (AvgIpc) is 2.48. The Hall–Kier alpha value is -0.910. The maximum absolute atomic E-state index is 12.4. The van der Waals surface area contributed by atoms with Crippen LogP contribution in [0.25, 0.3) is 0 Å². The number of rotatable bonds is 5. The summed E-state index contributed by atoms with van der Waals surface area (Å²) in [4.78, 5) is 0.350. The van der Waals surface area contributed by atoms with Gasteiger partial charge in [0.05, 0.1) is 4.90 Å². The highest BCUT2D eigenvalue weighted by Crippen LogP contribution is 2.19. The average molecular weight is 310 g/mol. The monoisotopic (exact) mass is 310 g/mol. The number of sulfonamides is 1. The van der Waals surface area contributed by atoms with Gasteiger partial charge in [-0.2, -0.15) is 0 Å². The lowest BCUT2D eigenvalue weighted by Gasteiger charge is -2.28. The fourth-order valence-corrected chi connectivity index (χ4v) is 4.06. The number of nitrogens with one attached hydrogen (secondary N) is 2. The Morgan fingerprint density at radius 2 is 1.86 bits per heavy atom. The summed E-state index contributed by atoms with van der Waals surface area (Å²) >= 11 is 0. The van der Waals surface area contributed by atoms with Crippen LogP contribution in [0, 0.1) is 5.92 Å². The molecular formula is C16H26N2O2S. The second-order valence-electron chi connectivity index (χ2n) is 6.24. The van der Waals surface area contributed by atoms with Gasteiger partial charge in [0.2, 0.25) is 10.0 Å². The van der Waals surface area contributed by atoms with Crippen LogP contribution in [0.2, 0.25) is 0 Å². The first-order chi connectivity index (χ1) is 9.90. The minimum absolute atomic E-state index is 0.0485. The predicted octanol–water partition coefficient (Wildman–Crippen LogP) is 2.48. The molecule has 0 saturated carbocycles. The summed E-state index contributed by atoms with van der Waals surface area (Å²) in [7, 11) is -3.43. The zero-order valence-corrected chi connectivity index (χ0v) is 13.9. The van der Waals surface area contributed by atoms with Crippen molar-refractivity contribution in [3.05, 3.63) is 29.8 Å². The first-order valence-corrected chi connectivity index (χ1v) is 9.21. The van der Waals surface area contributed by atoms with Crippen LogP contribution in [-0.2, 0) is 10.0 Å². The molecule has 1 aromatic rings. The van der Waals surface area contributed by atoms with Gasteiger partial charge in [0.1, 0.15) is 0 Å². The van der Waals surface area contributed by atoms with Gasteiger partial charge in [-0.15, -0.1) is 0 Å². The van der Waals surface area contributed by atoms with E-state index >= 15 is 0 Å². The van der Waals surface area contributed by atoms with E-state index in [0.29, 0.717) is 16.7 Å². The highest BCUT2D eigenvalue weighted by molar-refractivity contribution is 7.89. The maximum atomic E-state index is 12.4. The standard InChI is InChI=1S/C16H26N2O2S/c1-12(2)14-6-8-16(9-7-14)21(19,20)18-13(3)15-5-4-10-17-11-15/h6-9,12-13,15,17-18H,4-5,10-11H2,1-3H3. The fraction of sp³-hybridized carbons (Fsp3) is 0.625. The number of hydrogen-bond acceptors (Lipinski definition) is 3. The summed E-state index contributed by atoms with van der Waals surface area (Å²) < 4.78 is 27.7. The molecule has 21 heavy (non-hydrogen) atoms. The molecular weight excluding hydrogens is 284 g/mol. The minimum atomic E-state index is -3.43. The number of piperidine rings is 1. The van der Waals surface area contributed by atoms with E-state index in [4.69, 9.17) is 0 Å². The molecule has 0 bridgehead atoms. The van der Waals surface area contributed by atoms with E-state index in [1.165, 1.54) is 0 Å². The maximum Gasteiger partial charge on any atom is 0.240 e. The van der Waals surface area contributed by atoms with Gasteiger partial charge < -0.3 is 5.32 Å². The van der Waals surface area contributed by atoms with E-state index in [9.17, 15) is 8.42 Å². The molecule has 1 heterocycles. The van der Waals surface area contributed by atoms with Crippen molar-refractivity contribution < 1.29 is 8.42 Å². The van der Waals surface area contributed by atoms with Gasteiger partial charge in [0.15, 0.2) is 0 Å². The number of hydrogen-bond donors (Lipinski definition) is 2. The molecule has 1 aliphatic heterocycles. The van der Waals surface area contributed by atoms with E-state index in [-0.39, 0.29) is 6.04 Å². The Morgan fingerprint density at radius 3 is 2.38 bits per heavy atom. The van der Waals surface area contributed by atoms with Crippen LogP contribution < -0.4 is 10.0 Å². The Bertz CT molecular complexity index is 546. The second kappa shape index (κ2) is 6.90. The van der Waals surface area contributed by atoms with Crippen molar-refractivity contribution in [2.45, 2.75) is 50.5 Å². The molecule has 1 aliphatic rings. The zero-order chi connectivity index (χ0) is 15.5. The van der Waals surface area contributed by atoms with E-state index in [1.54, 1.807) is 12.1 Å². The van der Waals surface area contributed by atoms with Crippen LogP contribution in [0.4, 0.5) is 0 Å². The highest BCUT2D eigenvalue weighted by atomic mass is 32.2. The quantitative estimate of drug-likeness (QED) is 0.878. The fourth-order valence-electron chi connectivity index (χ4n) is 2.75. The van der Waals surface area contributed by atoms with Crippen molar-refractivity contribution >= 4 is 10.0 Å². The van der Waals surface area contributed by atoms with Crippen LogP contribution in [0.3, 0.4) is 0 Å². The normalized spacial score (nSPS) is 21.4. The van der Waals surface area contributed by atoms with Gasteiger partial charge in [-0.25, -0.2) is 13.1 Å². The van der Waals surface area contributed by atoms with E-state index < -0.39 is 10.0 Å². The molecule has 2 atom stereocenters. The van der Waals surface area contributed by atoms with Crippen molar-refractivity contribution in [1.29, 1.82) is 0 Å². The molecule has 0 radical (unpaired) electrons. The molecule has 118 valence electrons. The molecule has 5 heteroatoms. The van der Waals surface area contributed by atoms with Crippen LogP contribution in [-0.4, -0.2) is 27.5 Å². The molecule has 2 unspecified atom stereocenters. The Balaban J connectivity index is 2.06. The topological polar surface area (TPSA) is 58.2 Å². The minimum Gasteiger partial charge on any atom is -0.316 e. The molecule has 0 aliphatic carbocycles. The third kappa shape index (κ3) is 4.28. The molecule has 1 fully saturated rings. The SMILES string of the molecule is CC(C)c1ccc(S(=O)(=O)NC(C)C2CCCNC2)cc1. The van der Waals surface area contributed by atoms with Crippen molar-refractivity contribution in [3.63, 3.8) is 0 Å². The smallest absolute Gasteiger partial charge is 0.240 e. The summed E-state index contributed by atoms with van der Waals surface area (Å²) in [6.07, 6.45) is 2.18. The second-order valence-corrected chi connectivity index (χ2v) is 7.95. The predicted molar refractivity (Wildman–Crippen MR) is 85.9 cm³/mol. The summed E-state index contributed by atoms with van der Waals surface area (Å²) in [6.45, 7) is 8.07. The van der Waals surface area contributed by atoms with Gasteiger partial charge >= 0.3 is 0 Å². The Kier molecular flexibility index (Phi) is 5.41. The van der Waals surface area contributed by atoms with Gasteiger partial charge in [-0.05, 0) is 62.4 Å². The molecule has 0 amide bonds. The van der Waals surface area contributed by atoms with Crippen molar-refractivity contribution in [2.75, 3.05) is 13.1 Å². The Morgan fingerprint density at radius 1 is 1.19 bits per heavy atom. The molecule has 2 N–H and O–H groups in total. The van der Waals surface area contributed by atoms with Gasteiger partial charge in [-0.3, -0.25) is 0 Å². The van der Waals surface area contributed by atoms with Gasteiger partial charge in [0, 0.05) is 6.04 Å². The largest absolute Gasteiger partial charge is 0.316 e. The van der Waals surface area contributed by atoms with E-state index in [2.05, 4.69) is 23.9 Å². The molecule has 1 aromatic carbocycles. The van der Waals surface area contributed by atoms with E-state index in [0.717, 1.165) is 31.5 Å². The van der Waals surface area contributed by atoms with Gasteiger partial charge in [0.25, 0.3) is 0 Å². The van der Waals surface area contributed by atoms with E-state index in [1.807, 2.05) is 19.1 Å². The summed E-state index contributed by atoms with van der Waals surface area (Å²) in [5.41, 5.74) is 1.15. The zero-order valence-electron chi connectivity index (χ0n) is 13.1. The van der Waals surface area contributed by atoms with Crippen LogP contribution in [0.5, 0.6) is 0 Å². The molecule has 1 saturated heterocycles. The van der Waals surface area contributed by atoms with Crippen molar-refractivity contribution in [2.24, 2.45) is 5.92 Å². The molecule has 0 spiro atoms. The van der Waals surface area contributed by atoms with Gasteiger partial charge in [-0.1, -0.05) is 26.0 Å². The summed E-state index contributed by atoms with van der Waals surface area (Å²) in [5.74, 6) is 0.769. The first kappa shape index (κ1) is 16.5.